The van der Waals surface area contributed by atoms with Gasteiger partial charge in [0.05, 0.1) is 6.10 Å². The highest BCUT2D eigenvalue weighted by atomic mass is 19.1. The van der Waals surface area contributed by atoms with Crippen molar-refractivity contribution in [2.75, 3.05) is 5.73 Å². The summed E-state index contributed by atoms with van der Waals surface area (Å²) >= 11 is 0. The number of rotatable bonds is 2. The molecule has 1 aliphatic rings. The molecule has 0 aromatic heterocycles. The lowest BCUT2D eigenvalue weighted by molar-refractivity contribution is 0.225. The van der Waals surface area contributed by atoms with Gasteiger partial charge in [0.1, 0.15) is 18.8 Å². The standard InChI is InChI=1S/C10H13BFNO/c12-7-3-8(13)5-10(4-7)14-9-1-2-11-6-9/h3-5,9,11H,1-2,6,13H2/t9-/m1/s1. The molecule has 1 aliphatic heterocycles. The van der Waals surface area contributed by atoms with E-state index in [-0.39, 0.29) is 11.9 Å². The number of hydrogen-bond acceptors (Lipinski definition) is 2. The number of nitrogen functional groups attached to an aromatic ring is 1. The van der Waals surface area contributed by atoms with Crippen LogP contribution in [0.1, 0.15) is 6.42 Å². The highest BCUT2D eigenvalue weighted by Gasteiger charge is 2.17. The van der Waals surface area contributed by atoms with E-state index in [4.69, 9.17) is 10.5 Å². The number of halogens is 1. The second kappa shape index (κ2) is 3.90. The van der Waals surface area contributed by atoms with Gasteiger partial charge >= 0.3 is 0 Å². The summed E-state index contributed by atoms with van der Waals surface area (Å²) in [5.74, 6) is 0.215. The molecule has 14 heavy (non-hydrogen) atoms. The largest absolute Gasteiger partial charge is 0.491 e. The molecule has 2 N–H and O–H groups in total. The van der Waals surface area contributed by atoms with Gasteiger partial charge < -0.3 is 10.5 Å². The summed E-state index contributed by atoms with van der Waals surface area (Å²) in [5, 5.41) is 0. The van der Waals surface area contributed by atoms with Crippen molar-refractivity contribution >= 4 is 13.0 Å². The van der Waals surface area contributed by atoms with Crippen LogP contribution < -0.4 is 10.5 Å². The lowest BCUT2D eigenvalue weighted by Crippen LogP contribution is -2.11. The maximum Gasteiger partial charge on any atom is 0.128 e. The minimum atomic E-state index is -0.335. The molecule has 0 saturated carbocycles. The van der Waals surface area contributed by atoms with Gasteiger partial charge in [-0.3, -0.25) is 0 Å². The van der Waals surface area contributed by atoms with Crippen molar-refractivity contribution in [2.45, 2.75) is 25.2 Å². The Labute approximate surface area is 83.5 Å². The van der Waals surface area contributed by atoms with E-state index < -0.39 is 0 Å². The molecular weight excluding hydrogens is 180 g/mol. The lowest BCUT2D eigenvalue weighted by atomic mass is 9.77. The third-order valence-electron chi connectivity index (χ3n) is 2.50. The predicted octanol–water partition coefficient (Wildman–Crippen LogP) is 1.83. The van der Waals surface area contributed by atoms with E-state index in [1.165, 1.54) is 25.7 Å². The van der Waals surface area contributed by atoms with E-state index in [9.17, 15) is 4.39 Å². The van der Waals surface area contributed by atoms with Crippen molar-refractivity contribution in [3.05, 3.63) is 24.0 Å². The first-order valence-electron chi connectivity index (χ1n) is 4.97. The molecule has 0 spiro atoms. The Balaban J connectivity index is 2.07. The molecule has 1 aromatic rings. The summed E-state index contributed by atoms with van der Waals surface area (Å²) in [6, 6.07) is 4.34. The predicted molar refractivity (Wildman–Crippen MR) is 56.6 cm³/mol. The van der Waals surface area contributed by atoms with Gasteiger partial charge in [0.15, 0.2) is 0 Å². The molecule has 1 atom stereocenters. The summed E-state index contributed by atoms with van der Waals surface area (Å²) in [5.41, 5.74) is 5.93. The molecule has 1 aromatic carbocycles. The van der Waals surface area contributed by atoms with Crippen LogP contribution in [0.25, 0.3) is 0 Å². The minimum Gasteiger partial charge on any atom is -0.491 e. The number of hydrogen-bond donors (Lipinski definition) is 1. The second-order valence-corrected chi connectivity index (χ2v) is 3.74. The third kappa shape index (κ3) is 2.19. The van der Waals surface area contributed by atoms with Crippen LogP contribution in [0.5, 0.6) is 5.75 Å². The van der Waals surface area contributed by atoms with Crippen LogP contribution in [0.3, 0.4) is 0 Å². The van der Waals surface area contributed by atoms with Crippen molar-refractivity contribution in [1.82, 2.24) is 0 Å². The third-order valence-corrected chi connectivity index (χ3v) is 2.50. The Morgan fingerprint density at radius 2 is 2.29 bits per heavy atom. The Morgan fingerprint density at radius 1 is 1.43 bits per heavy atom. The summed E-state index contributed by atoms with van der Waals surface area (Å²) in [7, 11) is 1.20. The number of ether oxygens (including phenoxy) is 1. The van der Waals surface area contributed by atoms with Crippen LogP contribution in [-0.2, 0) is 0 Å². The first-order valence-corrected chi connectivity index (χ1v) is 4.97. The van der Waals surface area contributed by atoms with Gasteiger partial charge in [0, 0.05) is 17.8 Å². The molecule has 1 saturated heterocycles. The Kier molecular flexibility index (Phi) is 2.61. The van der Waals surface area contributed by atoms with Gasteiger partial charge in [-0.05, 0) is 18.8 Å². The first kappa shape index (κ1) is 9.37. The summed E-state index contributed by atoms with van der Waals surface area (Å²) < 4.78 is 18.6. The smallest absolute Gasteiger partial charge is 0.128 e. The van der Waals surface area contributed by atoms with Crippen LogP contribution in [0.2, 0.25) is 12.6 Å². The highest BCUT2D eigenvalue weighted by Crippen LogP contribution is 2.23. The fraction of sp³-hybridized carbons (Fsp3) is 0.400. The zero-order chi connectivity index (χ0) is 9.97. The second-order valence-electron chi connectivity index (χ2n) is 3.74. The molecule has 4 heteroatoms. The average Bonchev–Trinajstić information content (AvgIpc) is 2.54. The molecule has 2 nitrogen and oxygen atoms in total. The van der Waals surface area contributed by atoms with Crippen molar-refractivity contribution < 1.29 is 9.13 Å². The Hall–Kier alpha value is -1.19. The quantitative estimate of drug-likeness (QED) is 0.574. The maximum atomic E-state index is 12.9. The van der Waals surface area contributed by atoms with Crippen molar-refractivity contribution in [2.24, 2.45) is 0 Å². The maximum absolute atomic E-state index is 12.9. The Morgan fingerprint density at radius 3 is 2.93 bits per heavy atom. The molecule has 0 unspecified atom stereocenters. The van der Waals surface area contributed by atoms with E-state index in [0.717, 1.165) is 12.7 Å². The molecule has 0 amide bonds. The number of benzene rings is 1. The van der Waals surface area contributed by atoms with Crippen molar-refractivity contribution in [3.8, 4) is 5.75 Å². The van der Waals surface area contributed by atoms with E-state index >= 15 is 0 Å². The monoisotopic (exact) mass is 193 g/mol. The van der Waals surface area contributed by atoms with Crippen LogP contribution in [0.4, 0.5) is 10.1 Å². The zero-order valence-electron chi connectivity index (χ0n) is 8.00. The SMILES string of the molecule is Nc1cc(F)cc(O[C@H]2CBCC2)c1. The van der Waals surface area contributed by atoms with Crippen molar-refractivity contribution in [3.63, 3.8) is 0 Å². The molecule has 2 rings (SSSR count). The van der Waals surface area contributed by atoms with Gasteiger partial charge in [-0.1, -0.05) is 6.32 Å². The van der Waals surface area contributed by atoms with Crippen LogP contribution in [-0.4, -0.2) is 13.4 Å². The van der Waals surface area contributed by atoms with Crippen LogP contribution in [0.15, 0.2) is 18.2 Å². The normalized spacial score (nSPS) is 20.5. The average molecular weight is 193 g/mol. The fourth-order valence-electron chi connectivity index (χ4n) is 1.85. The molecule has 74 valence electrons. The van der Waals surface area contributed by atoms with Gasteiger partial charge in [-0.25, -0.2) is 4.39 Å². The van der Waals surface area contributed by atoms with Gasteiger partial charge in [-0.15, -0.1) is 0 Å². The van der Waals surface area contributed by atoms with Crippen LogP contribution >= 0.6 is 0 Å². The molecule has 0 aliphatic carbocycles. The molecule has 0 bridgehead atoms. The molecule has 1 fully saturated rings. The molecule has 0 radical (unpaired) electrons. The van der Waals surface area contributed by atoms with E-state index in [0.29, 0.717) is 11.4 Å². The van der Waals surface area contributed by atoms with Gasteiger partial charge in [0.2, 0.25) is 0 Å². The van der Waals surface area contributed by atoms with Crippen LogP contribution in [0, 0.1) is 5.82 Å². The summed E-state index contributed by atoms with van der Waals surface area (Å²) in [6.45, 7) is 0. The molecular formula is C10H13BFNO. The fourth-order valence-corrected chi connectivity index (χ4v) is 1.85. The van der Waals surface area contributed by atoms with Crippen molar-refractivity contribution in [1.29, 1.82) is 0 Å². The van der Waals surface area contributed by atoms with Gasteiger partial charge in [0.25, 0.3) is 0 Å². The lowest BCUT2D eigenvalue weighted by Gasteiger charge is -2.13. The van der Waals surface area contributed by atoms with E-state index in [1.54, 1.807) is 6.07 Å². The van der Waals surface area contributed by atoms with E-state index in [1.807, 2.05) is 0 Å². The zero-order valence-corrected chi connectivity index (χ0v) is 8.00. The molecule has 1 heterocycles. The first-order chi connectivity index (χ1) is 6.74. The summed E-state index contributed by atoms with van der Waals surface area (Å²) in [4.78, 5) is 0. The summed E-state index contributed by atoms with van der Waals surface area (Å²) in [6.07, 6.45) is 3.58. The van der Waals surface area contributed by atoms with E-state index in [2.05, 4.69) is 0 Å². The number of nitrogens with two attached hydrogens (primary N) is 1. The van der Waals surface area contributed by atoms with Gasteiger partial charge in [-0.2, -0.15) is 0 Å². The minimum absolute atomic E-state index is 0.246. The Bertz CT molecular complexity index is 306. The topological polar surface area (TPSA) is 35.2 Å². The number of anilines is 1. The highest BCUT2D eigenvalue weighted by molar-refractivity contribution is 6.36.